The number of aryl methyl sites for hydroxylation is 2. The molecule has 1 aromatic heterocycles. The Hall–Kier alpha value is -2.89. The molecule has 2 rings (SSSR count). The van der Waals surface area contributed by atoms with Crippen LogP contribution in [0.3, 0.4) is 0 Å². The Bertz CT molecular complexity index is 957. The van der Waals surface area contributed by atoms with Gasteiger partial charge in [-0.15, -0.1) is 0 Å². The highest BCUT2D eigenvalue weighted by Crippen LogP contribution is 2.33. The van der Waals surface area contributed by atoms with Crippen molar-refractivity contribution < 1.29 is 19.1 Å². The molecule has 0 spiro atoms. The van der Waals surface area contributed by atoms with Crippen molar-refractivity contribution in [2.24, 2.45) is 5.92 Å². The van der Waals surface area contributed by atoms with E-state index in [4.69, 9.17) is 14.5 Å². The van der Waals surface area contributed by atoms with E-state index in [1.54, 1.807) is 6.92 Å². The number of benzene rings is 1. The van der Waals surface area contributed by atoms with Gasteiger partial charge in [-0.05, 0) is 59.4 Å². The van der Waals surface area contributed by atoms with Gasteiger partial charge < -0.3 is 14.8 Å². The molecule has 1 N–H and O–H groups in total. The van der Waals surface area contributed by atoms with Crippen LogP contribution in [0.4, 0.5) is 4.79 Å². The van der Waals surface area contributed by atoms with Crippen LogP contribution in [0.1, 0.15) is 74.4 Å². The molecule has 0 radical (unpaired) electrons. The Morgan fingerprint density at radius 2 is 1.72 bits per heavy atom. The van der Waals surface area contributed by atoms with Gasteiger partial charge in [0.25, 0.3) is 0 Å². The van der Waals surface area contributed by atoms with Gasteiger partial charge in [0.1, 0.15) is 5.60 Å². The second kappa shape index (κ2) is 10.6. The number of nitrogens with one attached hydrogen (secondary N) is 1. The van der Waals surface area contributed by atoms with Gasteiger partial charge in [-0.25, -0.2) is 9.59 Å². The maximum Gasteiger partial charge on any atom is 0.407 e. The predicted molar refractivity (Wildman–Crippen MR) is 127 cm³/mol. The molecule has 174 valence electrons. The van der Waals surface area contributed by atoms with Crippen LogP contribution in [0.2, 0.25) is 0 Å². The van der Waals surface area contributed by atoms with Crippen LogP contribution in [-0.4, -0.2) is 29.3 Å². The second-order valence-corrected chi connectivity index (χ2v) is 9.41. The highest BCUT2D eigenvalue weighted by Gasteiger charge is 2.26. The number of rotatable bonds is 7. The largest absolute Gasteiger partial charge is 0.462 e. The minimum atomic E-state index is -0.605. The van der Waals surface area contributed by atoms with Crippen molar-refractivity contribution in [1.82, 2.24) is 10.3 Å². The highest BCUT2D eigenvalue weighted by molar-refractivity contribution is 5.99. The summed E-state index contributed by atoms with van der Waals surface area (Å²) in [4.78, 5) is 30.1. The van der Waals surface area contributed by atoms with E-state index in [1.807, 2.05) is 58.9 Å². The summed E-state index contributed by atoms with van der Waals surface area (Å²) in [6, 6.07) is 7.99. The van der Waals surface area contributed by atoms with Crippen LogP contribution in [0, 0.1) is 19.8 Å². The third-order valence-corrected chi connectivity index (χ3v) is 4.79. The third kappa shape index (κ3) is 6.81. The number of nitrogens with zero attached hydrogens (tertiary/aromatic N) is 1. The van der Waals surface area contributed by atoms with Gasteiger partial charge in [-0.2, -0.15) is 0 Å². The molecule has 0 aliphatic heterocycles. The summed E-state index contributed by atoms with van der Waals surface area (Å²) < 4.78 is 10.8. The first kappa shape index (κ1) is 25.4. The molecule has 0 aliphatic carbocycles. The summed E-state index contributed by atoms with van der Waals surface area (Å²) in [5, 5.41) is 2.86. The van der Waals surface area contributed by atoms with Gasteiger partial charge in [0, 0.05) is 23.4 Å². The molecular weight excluding hydrogens is 404 g/mol. The predicted octanol–water partition coefficient (Wildman–Crippen LogP) is 5.77. The second-order valence-electron chi connectivity index (χ2n) is 9.41. The summed E-state index contributed by atoms with van der Waals surface area (Å²) in [5.74, 6) is -0.0656. The van der Waals surface area contributed by atoms with Gasteiger partial charge in [0.2, 0.25) is 0 Å². The number of alkyl carbamates (subject to hydrolysis) is 1. The topological polar surface area (TPSA) is 77.5 Å². The van der Waals surface area contributed by atoms with E-state index in [2.05, 4.69) is 19.2 Å². The summed E-state index contributed by atoms with van der Waals surface area (Å²) in [7, 11) is 0. The minimum Gasteiger partial charge on any atom is -0.462 e. The Morgan fingerprint density at radius 1 is 1.09 bits per heavy atom. The Kier molecular flexibility index (Phi) is 8.42. The number of aromatic nitrogens is 1. The van der Waals surface area contributed by atoms with Gasteiger partial charge >= 0.3 is 12.1 Å². The summed E-state index contributed by atoms with van der Waals surface area (Å²) >= 11 is 0. The van der Waals surface area contributed by atoms with Crippen molar-refractivity contribution in [2.75, 3.05) is 6.61 Å². The Morgan fingerprint density at radius 3 is 2.25 bits per heavy atom. The molecule has 0 unspecified atom stereocenters. The molecule has 6 nitrogen and oxygen atoms in total. The average molecular weight is 441 g/mol. The van der Waals surface area contributed by atoms with Gasteiger partial charge in [-0.1, -0.05) is 43.7 Å². The summed E-state index contributed by atoms with van der Waals surface area (Å²) in [6.45, 7) is 15.8. The zero-order valence-corrected chi connectivity index (χ0v) is 20.6. The van der Waals surface area contributed by atoms with E-state index in [1.165, 1.54) is 0 Å². The maximum absolute atomic E-state index is 13.0. The number of esters is 1. The van der Waals surface area contributed by atoms with E-state index in [0.29, 0.717) is 23.6 Å². The molecule has 1 amide bonds. The fourth-order valence-corrected chi connectivity index (χ4v) is 3.51. The van der Waals surface area contributed by atoms with Crippen LogP contribution in [0.25, 0.3) is 11.1 Å². The maximum atomic E-state index is 13.0. The zero-order chi connectivity index (χ0) is 24.1. The van der Waals surface area contributed by atoms with E-state index in [9.17, 15) is 9.59 Å². The molecule has 0 atom stereocenters. The first-order valence-electron chi connectivity index (χ1n) is 11.2. The molecule has 2 aromatic rings. The minimum absolute atomic E-state index is 0.194. The van der Waals surface area contributed by atoms with Crippen LogP contribution in [0.5, 0.6) is 0 Å². The number of carbonyl (C=O) groups is 2. The highest BCUT2D eigenvalue weighted by atomic mass is 16.6. The van der Waals surface area contributed by atoms with Gasteiger partial charge in [0.05, 0.1) is 17.9 Å². The van der Waals surface area contributed by atoms with Crippen molar-refractivity contribution in [3.8, 4) is 11.1 Å². The van der Waals surface area contributed by atoms with Crippen LogP contribution < -0.4 is 5.32 Å². The van der Waals surface area contributed by atoms with E-state index < -0.39 is 17.7 Å². The fourth-order valence-electron chi connectivity index (χ4n) is 3.51. The number of pyridine rings is 1. The molecule has 6 heteroatoms. The Balaban J connectivity index is 2.69. The molecule has 0 aliphatic rings. The molecule has 1 heterocycles. The summed E-state index contributed by atoms with van der Waals surface area (Å²) in [5.41, 5.74) is 4.87. The molecule has 0 saturated heterocycles. The van der Waals surface area contributed by atoms with Crippen molar-refractivity contribution in [1.29, 1.82) is 0 Å². The quantitative estimate of drug-likeness (QED) is 0.554. The molecule has 0 saturated carbocycles. The lowest BCUT2D eigenvalue weighted by Gasteiger charge is -2.23. The smallest absolute Gasteiger partial charge is 0.407 e. The van der Waals surface area contributed by atoms with E-state index in [0.717, 1.165) is 27.9 Å². The van der Waals surface area contributed by atoms with Crippen LogP contribution >= 0.6 is 0 Å². The third-order valence-electron chi connectivity index (χ3n) is 4.79. The lowest BCUT2D eigenvalue weighted by Crippen LogP contribution is -2.32. The van der Waals surface area contributed by atoms with Crippen molar-refractivity contribution in [3.63, 3.8) is 0 Å². The monoisotopic (exact) mass is 440 g/mol. The lowest BCUT2D eigenvalue weighted by molar-refractivity contribution is 0.0517. The lowest BCUT2D eigenvalue weighted by atomic mass is 9.89. The fraction of sp³-hybridized carbons (Fsp3) is 0.500. The van der Waals surface area contributed by atoms with Crippen molar-refractivity contribution >= 4 is 12.1 Å². The molecule has 0 bridgehead atoms. The van der Waals surface area contributed by atoms with Crippen molar-refractivity contribution in [3.05, 3.63) is 52.3 Å². The van der Waals surface area contributed by atoms with Crippen LogP contribution in [-0.2, 0) is 22.4 Å². The van der Waals surface area contributed by atoms with E-state index >= 15 is 0 Å². The normalized spacial score (nSPS) is 11.4. The van der Waals surface area contributed by atoms with Gasteiger partial charge in [0.15, 0.2) is 0 Å². The number of carbonyl (C=O) groups excluding carboxylic acids is 2. The molecule has 32 heavy (non-hydrogen) atoms. The standard InChI is InChI=1S/C26H36N2O4/c1-9-31-24(29)22-18(5)28-21(14-16(2)3)20(15-27-25(30)32-26(6,7)8)23(22)19-12-10-17(4)11-13-19/h10-13,16H,9,14-15H2,1-8H3,(H,27,30). The molecule has 1 aromatic carbocycles. The first-order valence-corrected chi connectivity index (χ1v) is 11.2. The molecule has 0 fully saturated rings. The summed E-state index contributed by atoms with van der Waals surface area (Å²) in [6.07, 6.45) is 0.204. The zero-order valence-electron chi connectivity index (χ0n) is 20.6. The van der Waals surface area contributed by atoms with E-state index in [-0.39, 0.29) is 13.2 Å². The van der Waals surface area contributed by atoms with Crippen molar-refractivity contribution in [2.45, 2.75) is 74.0 Å². The number of ether oxygens (including phenoxy) is 2. The Labute approximate surface area is 191 Å². The average Bonchev–Trinajstić information content (AvgIpc) is 2.65. The van der Waals surface area contributed by atoms with Gasteiger partial charge in [-0.3, -0.25) is 4.98 Å². The number of amides is 1. The van der Waals surface area contributed by atoms with Crippen LogP contribution in [0.15, 0.2) is 24.3 Å². The number of hydrogen-bond acceptors (Lipinski definition) is 5. The number of hydrogen-bond donors (Lipinski definition) is 1. The first-order chi connectivity index (χ1) is 14.9. The SMILES string of the molecule is CCOC(=O)c1c(C)nc(CC(C)C)c(CNC(=O)OC(C)(C)C)c1-c1ccc(C)cc1. The molecular formula is C26H36N2O4.